The van der Waals surface area contributed by atoms with Crippen molar-refractivity contribution in [1.29, 1.82) is 0 Å². The first-order valence-electron chi connectivity index (χ1n) is 8.85. The first-order valence-corrected chi connectivity index (χ1v) is 8.85. The normalized spacial score (nSPS) is 15.4. The lowest BCUT2D eigenvalue weighted by molar-refractivity contribution is 0.0936. The van der Waals surface area contributed by atoms with E-state index in [0.29, 0.717) is 31.3 Å². The highest BCUT2D eigenvalue weighted by molar-refractivity contribution is 14.0. The van der Waals surface area contributed by atoms with Crippen LogP contribution < -0.4 is 25.0 Å². The van der Waals surface area contributed by atoms with Gasteiger partial charge in [-0.2, -0.15) is 0 Å². The first kappa shape index (κ1) is 22.1. The van der Waals surface area contributed by atoms with Gasteiger partial charge < -0.3 is 25.0 Å². The topological polar surface area (TPSA) is 58.1 Å². The van der Waals surface area contributed by atoms with E-state index in [9.17, 15) is 4.39 Å². The lowest BCUT2D eigenvalue weighted by atomic mass is 10.2. The molecule has 152 valence electrons. The van der Waals surface area contributed by atoms with E-state index in [0.717, 1.165) is 17.1 Å². The molecule has 0 fully saturated rings. The number of rotatable bonds is 5. The second kappa shape index (κ2) is 10.4. The number of nitrogens with one attached hydrogen (secondary N) is 2. The highest BCUT2D eigenvalue weighted by Gasteiger charge is 2.20. The standard InChI is InChI=1S/C20H25FN4O2.HI/c1-22-20(23-11-14-8-9-17(25(2)3)16(21)10-14)24-12-15-13-26-18-6-4-5-7-19(18)27-15;/h4-10,15H,11-13H2,1-3H3,(H2,22,23,24);1H. The van der Waals surface area contributed by atoms with Gasteiger partial charge in [0.1, 0.15) is 18.5 Å². The van der Waals surface area contributed by atoms with Crippen molar-refractivity contribution in [2.45, 2.75) is 12.6 Å². The molecule has 0 saturated carbocycles. The molecule has 8 heteroatoms. The van der Waals surface area contributed by atoms with Crippen LogP contribution in [-0.4, -0.2) is 46.4 Å². The number of hydrogen-bond donors (Lipinski definition) is 2. The van der Waals surface area contributed by atoms with Crippen molar-refractivity contribution < 1.29 is 13.9 Å². The molecule has 2 aromatic rings. The van der Waals surface area contributed by atoms with E-state index in [4.69, 9.17) is 9.47 Å². The summed E-state index contributed by atoms with van der Waals surface area (Å²) in [6.45, 7) is 1.48. The summed E-state index contributed by atoms with van der Waals surface area (Å²) in [6, 6.07) is 12.8. The quantitative estimate of drug-likeness (QED) is 0.376. The van der Waals surface area contributed by atoms with Gasteiger partial charge in [-0.05, 0) is 29.8 Å². The minimum atomic E-state index is -0.242. The molecule has 0 saturated heterocycles. The summed E-state index contributed by atoms with van der Waals surface area (Å²) < 4.78 is 25.7. The summed E-state index contributed by atoms with van der Waals surface area (Å²) in [5, 5.41) is 6.40. The largest absolute Gasteiger partial charge is 0.486 e. The fourth-order valence-electron chi connectivity index (χ4n) is 2.80. The van der Waals surface area contributed by atoms with Crippen LogP contribution in [0, 0.1) is 5.82 Å². The second-order valence-corrected chi connectivity index (χ2v) is 6.48. The molecule has 1 heterocycles. The molecule has 28 heavy (non-hydrogen) atoms. The molecule has 0 aliphatic carbocycles. The van der Waals surface area contributed by atoms with Gasteiger partial charge in [0, 0.05) is 27.7 Å². The molecule has 2 N–H and O–H groups in total. The molecule has 3 rings (SSSR count). The van der Waals surface area contributed by atoms with E-state index in [-0.39, 0.29) is 35.9 Å². The fraction of sp³-hybridized carbons (Fsp3) is 0.350. The Balaban J connectivity index is 0.00000280. The molecule has 2 aromatic carbocycles. The van der Waals surface area contributed by atoms with Crippen LogP contribution in [0.15, 0.2) is 47.5 Å². The summed E-state index contributed by atoms with van der Waals surface area (Å²) in [5.41, 5.74) is 1.41. The number of anilines is 1. The highest BCUT2D eigenvalue weighted by atomic mass is 127. The lowest BCUT2D eigenvalue weighted by Crippen LogP contribution is -2.45. The van der Waals surface area contributed by atoms with Crippen molar-refractivity contribution in [1.82, 2.24) is 10.6 Å². The fourth-order valence-corrected chi connectivity index (χ4v) is 2.80. The molecule has 6 nitrogen and oxygen atoms in total. The van der Waals surface area contributed by atoms with Gasteiger partial charge in [-0.1, -0.05) is 18.2 Å². The maximum absolute atomic E-state index is 14.1. The van der Waals surface area contributed by atoms with Crippen molar-refractivity contribution in [2.24, 2.45) is 4.99 Å². The Bertz CT molecular complexity index is 817. The van der Waals surface area contributed by atoms with Crippen LogP contribution in [0.2, 0.25) is 0 Å². The third-order valence-corrected chi connectivity index (χ3v) is 4.24. The third-order valence-electron chi connectivity index (χ3n) is 4.24. The average molecular weight is 500 g/mol. The summed E-state index contributed by atoms with van der Waals surface area (Å²) in [6.07, 6.45) is -0.115. The molecule has 1 atom stereocenters. The van der Waals surface area contributed by atoms with Gasteiger partial charge in [0.2, 0.25) is 0 Å². The average Bonchev–Trinajstić information content (AvgIpc) is 2.67. The van der Waals surface area contributed by atoms with E-state index in [1.807, 2.05) is 44.4 Å². The van der Waals surface area contributed by atoms with E-state index < -0.39 is 0 Å². The molecule has 1 unspecified atom stereocenters. The van der Waals surface area contributed by atoms with Crippen LogP contribution >= 0.6 is 24.0 Å². The van der Waals surface area contributed by atoms with Crippen LogP contribution in [0.5, 0.6) is 11.5 Å². The van der Waals surface area contributed by atoms with Crippen molar-refractivity contribution in [3.63, 3.8) is 0 Å². The van der Waals surface area contributed by atoms with Gasteiger partial charge in [-0.3, -0.25) is 4.99 Å². The van der Waals surface area contributed by atoms with Gasteiger partial charge in [-0.15, -0.1) is 24.0 Å². The number of nitrogens with zero attached hydrogens (tertiary/aromatic N) is 2. The van der Waals surface area contributed by atoms with Gasteiger partial charge in [0.25, 0.3) is 0 Å². The predicted octanol–water partition coefficient (Wildman–Crippen LogP) is 3.01. The molecule has 1 aliphatic rings. The Labute approximate surface area is 182 Å². The second-order valence-electron chi connectivity index (χ2n) is 6.48. The third kappa shape index (κ3) is 5.63. The molecule has 1 aliphatic heterocycles. The molecule has 0 amide bonds. The van der Waals surface area contributed by atoms with E-state index >= 15 is 0 Å². The predicted molar refractivity (Wildman–Crippen MR) is 121 cm³/mol. The number of halogens is 2. The molecule has 0 radical (unpaired) electrons. The van der Waals surface area contributed by atoms with Crippen LogP contribution in [0.3, 0.4) is 0 Å². The van der Waals surface area contributed by atoms with Gasteiger partial charge in [-0.25, -0.2) is 4.39 Å². The van der Waals surface area contributed by atoms with Gasteiger partial charge >= 0.3 is 0 Å². The molecule has 0 bridgehead atoms. The van der Waals surface area contributed by atoms with E-state index in [1.54, 1.807) is 18.0 Å². The Morgan fingerprint density at radius 2 is 1.93 bits per heavy atom. The zero-order valence-electron chi connectivity index (χ0n) is 16.2. The number of hydrogen-bond acceptors (Lipinski definition) is 4. The van der Waals surface area contributed by atoms with E-state index in [1.165, 1.54) is 6.07 Å². The Morgan fingerprint density at radius 3 is 2.61 bits per heavy atom. The monoisotopic (exact) mass is 500 g/mol. The number of para-hydroxylation sites is 2. The summed E-state index contributed by atoms with van der Waals surface area (Å²) in [5.74, 6) is 1.89. The smallest absolute Gasteiger partial charge is 0.191 e. The molecular formula is C20H26FIN4O2. The van der Waals surface area contributed by atoms with Crippen LogP contribution in [0.1, 0.15) is 5.56 Å². The Kier molecular flexibility index (Phi) is 8.16. The van der Waals surface area contributed by atoms with Crippen LogP contribution in [0.4, 0.5) is 10.1 Å². The summed E-state index contributed by atoms with van der Waals surface area (Å²) in [7, 11) is 5.33. The number of aliphatic imine (C=N–C) groups is 1. The number of guanidine groups is 1. The molecule has 0 aromatic heterocycles. The minimum Gasteiger partial charge on any atom is -0.486 e. The summed E-state index contributed by atoms with van der Waals surface area (Å²) >= 11 is 0. The lowest BCUT2D eigenvalue weighted by Gasteiger charge is -2.27. The van der Waals surface area contributed by atoms with Crippen molar-refractivity contribution in [3.05, 3.63) is 53.8 Å². The Morgan fingerprint density at radius 1 is 1.18 bits per heavy atom. The molecule has 0 spiro atoms. The number of benzene rings is 2. The molecular weight excluding hydrogens is 474 g/mol. The van der Waals surface area contributed by atoms with Gasteiger partial charge in [0.05, 0.1) is 12.2 Å². The van der Waals surface area contributed by atoms with Crippen LogP contribution in [-0.2, 0) is 6.54 Å². The van der Waals surface area contributed by atoms with Crippen molar-refractivity contribution in [2.75, 3.05) is 39.2 Å². The van der Waals surface area contributed by atoms with Crippen molar-refractivity contribution >= 4 is 35.6 Å². The van der Waals surface area contributed by atoms with E-state index in [2.05, 4.69) is 15.6 Å². The number of ether oxygens (including phenoxy) is 2. The zero-order valence-corrected chi connectivity index (χ0v) is 18.6. The maximum atomic E-state index is 14.1. The first-order chi connectivity index (χ1) is 13.1. The SMILES string of the molecule is CN=C(NCc1ccc(N(C)C)c(F)c1)NCC1COc2ccccc2O1.I. The van der Waals surface area contributed by atoms with Crippen molar-refractivity contribution in [3.8, 4) is 11.5 Å². The van der Waals surface area contributed by atoms with Crippen LogP contribution in [0.25, 0.3) is 0 Å². The minimum absolute atomic E-state index is 0. The van der Waals surface area contributed by atoms with Gasteiger partial charge in [0.15, 0.2) is 17.5 Å². The highest BCUT2D eigenvalue weighted by Crippen LogP contribution is 2.30. The number of fused-ring (bicyclic) bond motifs is 1. The maximum Gasteiger partial charge on any atom is 0.191 e. The zero-order chi connectivity index (χ0) is 19.2. The Hall–Kier alpha value is -2.23. The summed E-state index contributed by atoms with van der Waals surface area (Å²) in [4.78, 5) is 5.94.